The van der Waals surface area contributed by atoms with E-state index in [4.69, 9.17) is 4.74 Å². The van der Waals surface area contributed by atoms with Crippen molar-refractivity contribution in [1.29, 1.82) is 0 Å². The van der Waals surface area contributed by atoms with Gasteiger partial charge in [-0.05, 0) is 24.3 Å². The Morgan fingerprint density at radius 2 is 1.66 bits per heavy atom. The summed E-state index contributed by atoms with van der Waals surface area (Å²) < 4.78 is 47.4. The van der Waals surface area contributed by atoms with Crippen LogP contribution in [0.1, 0.15) is 16.1 Å². The van der Waals surface area contributed by atoms with Crippen LogP contribution in [0, 0.1) is 11.8 Å². The molecule has 3 aliphatic heterocycles. The highest BCUT2D eigenvalue weighted by molar-refractivity contribution is 5.93. The molecule has 0 bridgehead atoms. The van der Waals surface area contributed by atoms with Gasteiger partial charge in [0.25, 0.3) is 5.91 Å². The van der Waals surface area contributed by atoms with E-state index >= 15 is 0 Å². The van der Waals surface area contributed by atoms with Crippen molar-refractivity contribution in [1.82, 2.24) is 19.5 Å². The molecular formula is C24H25F3N6O2. The number of imidazole rings is 1. The normalized spacial score (nSPS) is 22.8. The molecular weight excluding hydrogens is 461 g/mol. The van der Waals surface area contributed by atoms with Crippen molar-refractivity contribution >= 4 is 23.1 Å². The minimum Gasteiger partial charge on any atom is -0.378 e. The van der Waals surface area contributed by atoms with Gasteiger partial charge in [0.15, 0.2) is 5.65 Å². The molecule has 6 rings (SSSR count). The SMILES string of the molecule is O=C(c1cn2nc(N3CCOCC3)ccc2n1)N1C[C@@H]2CN(c3ccccc3C(F)(F)F)C[C@@H]2C1. The summed E-state index contributed by atoms with van der Waals surface area (Å²) in [7, 11) is 0. The molecule has 3 saturated heterocycles. The molecule has 35 heavy (non-hydrogen) atoms. The van der Waals surface area contributed by atoms with Crippen LogP contribution in [0.3, 0.4) is 0 Å². The number of likely N-dealkylation sites (tertiary alicyclic amines) is 1. The number of carbonyl (C=O) groups excluding carboxylic acids is 1. The molecule has 2 aromatic heterocycles. The Morgan fingerprint density at radius 3 is 2.37 bits per heavy atom. The van der Waals surface area contributed by atoms with Crippen LogP contribution in [-0.2, 0) is 10.9 Å². The highest BCUT2D eigenvalue weighted by atomic mass is 19.4. The lowest BCUT2D eigenvalue weighted by Crippen LogP contribution is -2.36. The van der Waals surface area contributed by atoms with E-state index in [1.54, 1.807) is 21.7 Å². The zero-order valence-corrected chi connectivity index (χ0v) is 19.0. The van der Waals surface area contributed by atoms with Gasteiger partial charge < -0.3 is 19.4 Å². The van der Waals surface area contributed by atoms with Crippen molar-refractivity contribution < 1.29 is 22.7 Å². The molecule has 0 saturated carbocycles. The van der Waals surface area contributed by atoms with Crippen LogP contribution in [0.15, 0.2) is 42.6 Å². The Labute approximate surface area is 199 Å². The lowest BCUT2D eigenvalue weighted by molar-refractivity contribution is -0.137. The second-order valence-corrected chi connectivity index (χ2v) is 9.37. The average Bonchev–Trinajstić information content (AvgIpc) is 3.56. The van der Waals surface area contributed by atoms with Gasteiger partial charge in [-0.15, -0.1) is 5.10 Å². The minimum atomic E-state index is -4.39. The molecule has 11 heteroatoms. The Bertz CT molecular complexity index is 1240. The van der Waals surface area contributed by atoms with Crippen LogP contribution in [0.25, 0.3) is 5.65 Å². The number of benzene rings is 1. The fourth-order valence-electron chi connectivity index (χ4n) is 5.44. The van der Waals surface area contributed by atoms with Crippen molar-refractivity contribution in [3.8, 4) is 0 Å². The Kier molecular flexibility index (Phi) is 5.32. The maximum atomic E-state index is 13.5. The predicted molar refractivity (Wildman–Crippen MR) is 123 cm³/mol. The lowest BCUT2D eigenvalue weighted by Gasteiger charge is -2.27. The monoisotopic (exact) mass is 486 g/mol. The van der Waals surface area contributed by atoms with Crippen LogP contribution in [0.4, 0.5) is 24.7 Å². The summed E-state index contributed by atoms with van der Waals surface area (Å²) in [5, 5.41) is 4.61. The number of hydrogen-bond donors (Lipinski definition) is 0. The highest BCUT2D eigenvalue weighted by Gasteiger charge is 2.44. The maximum Gasteiger partial charge on any atom is 0.418 e. The Balaban J connectivity index is 1.15. The number of nitrogens with zero attached hydrogens (tertiary/aromatic N) is 6. The number of fused-ring (bicyclic) bond motifs is 2. The number of morpholine rings is 1. The number of ether oxygens (including phenoxy) is 1. The zero-order chi connectivity index (χ0) is 24.2. The van der Waals surface area contributed by atoms with Gasteiger partial charge in [0.2, 0.25) is 0 Å². The van der Waals surface area contributed by atoms with E-state index in [1.807, 2.05) is 17.0 Å². The number of para-hydroxylation sites is 1. The van der Waals surface area contributed by atoms with Crippen LogP contribution < -0.4 is 9.80 Å². The van der Waals surface area contributed by atoms with Crippen molar-refractivity contribution in [3.05, 3.63) is 53.9 Å². The average molecular weight is 486 g/mol. The van der Waals surface area contributed by atoms with Crippen molar-refractivity contribution in [2.24, 2.45) is 11.8 Å². The third kappa shape index (κ3) is 4.07. The summed E-state index contributed by atoms with van der Waals surface area (Å²) in [4.78, 5) is 23.4. The first-order valence-electron chi connectivity index (χ1n) is 11.8. The molecule has 2 atom stereocenters. The van der Waals surface area contributed by atoms with Crippen LogP contribution in [-0.4, -0.2) is 77.9 Å². The molecule has 0 aliphatic carbocycles. The van der Waals surface area contributed by atoms with E-state index < -0.39 is 11.7 Å². The molecule has 184 valence electrons. The van der Waals surface area contributed by atoms with E-state index in [1.165, 1.54) is 12.1 Å². The van der Waals surface area contributed by atoms with Gasteiger partial charge in [-0.2, -0.15) is 13.2 Å². The first-order valence-corrected chi connectivity index (χ1v) is 11.8. The number of anilines is 2. The molecule has 3 fully saturated rings. The molecule has 0 radical (unpaired) electrons. The van der Waals surface area contributed by atoms with E-state index in [2.05, 4.69) is 15.0 Å². The molecule has 1 aromatic carbocycles. The highest BCUT2D eigenvalue weighted by Crippen LogP contribution is 2.41. The van der Waals surface area contributed by atoms with E-state index in [0.29, 0.717) is 50.7 Å². The second-order valence-electron chi connectivity index (χ2n) is 9.37. The number of carbonyl (C=O) groups is 1. The summed E-state index contributed by atoms with van der Waals surface area (Å²) >= 11 is 0. The standard InChI is InChI=1S/C24H25F3N6O2/c25-24(26,27)18-3-1-2-4-20(18)31-11-16-13-32(14-17(16)12-31)23(34)19-15-33-21(28-19)5-6-22(29-33)30-7-9-35-10-8-30/h1-6,15-17H,7-14H2/t16-,17+. The number of hydrogen-bond acceptors (Lipinski definition) is 6. The summed E-state index contributed by atoms with van der Waals surface area (Å²) in [5.74, 6) is 0.902. The van der Waals surface area contributed by atoms with Crippen LogP contribution in [0.2, 0.25) is 0 Å². The first kappa shape index (κ1) is 22.1. The summed E-state index contributed by atoms with van der Waals surface area (Å²) in [6.45, 7) is 4.85. The fourth-order valence-corrected chi connectivity index (χ4v) is 5.44. The second kappa shape index (κ2) is 8.40. The number of amides is 1. The van der Waals surface area contributed by atoms with Crippen molar-refractivity contribution in [2.75, 3.05) is 62.3 Å². The largest absolute Gasteiger partial charge is 0.418 e. The Morgan fingerprint density at radius 1 is 0.943 bits per heavy atom. The van der Waals surface area contributed by atoms with E-state index in [9.17, 15) is 18.0 Å². The Hall–Kier alpha value is -3.34. The van der Waals surface area contributed by atoms with Crippen LogP contribution in [0.5, 0.6) is 0 Å². The lowest BCUT2D eigenvalue weighted by atomic mass is 10.0. The molecule has 3 aliphatic rings. The quantitative estimate of drug-likeness (QED) is 0.568. The first-order chi connectivity index (χ1) is 16.9. The maximum absolute atomic E-state index is 13.5. The van der Waals surface area contributed by atoms with Gasteiger partial charge in [-0.3, -0.25) is 4.79 Å². The summed E-state index contributed by atoms with van der Waals surface area (Å²) in [6, 6.07) is 9.45. The number of aromatic nitrogens is 3. The van der Waals surface area contributed by atoms with Gasteiger partial charge in [-0.1, -0.05) is 12.1 Å². The molecule has 1 amide bonds. The van der Waals surface area contributed by atoms with Gasteiger partial charge in [0, 0.05) is 56.8 Å². The van der Waals surface area contributed by atoms with Gasteiger partial charge >= 0.3 is 6.18 Å². The molecule has 3 aromatic rings. The smallest absolute Gasteiger partial charge is 0.378 e. The van der Waals surface area contributed by atoms with Gasteiger partial charge in [0.05, 0.1) is 25.0 Å². The zero-order valence-electron chi connectivity index (χ0n) is 19.0. The van der Waals surface area contributed by atoms with Crippen LogP contribution >= 0.6 is 0 Å². The summed E-state index contributed by atoms with van der Waals surface area (Å²) in [6.07, 6.45) is -2.74. The molecule has 0 spiro atoms. The number of alkyl halides is 3. The van der Waals surface area contributed by atoms with Crippen molar-refractivity contribution in [3.63, 3.8) is 0 Å². The van der Waals surface area contributed by atoms with E-state index in [0.717, 1.165) is 25.0 Å². The van der Waals surface area contributed by atoms with Gasteiger partial charge in [0.1, 0.15) is 11.5 Å². The molecule has 0 unspecified atom stereocenters. The number of rotatable bonds is 3. The third-order valence-corrected chi connectivity index (χ3v) is 7.18. The molecule has 5 heterocycles. The minimum absolute atomic E-state index is 0.128. The molecule has 8 nitrogen and oxygen atoms in total. The fraction of sp³-hybridized carbons (Fsp3) is 0.458. The topological polar surface area (TPSA) is 66.2 Å². The van der Waals surface area contributed by atoms with E-state index in [-0.39, 0.29) is 23.4 Å². The van der Waals surface area contributed by atoms with Gasteiger partial charge in [-0.25, -0.2) is 9.50 Å². The number of halogens is 3. The molecule has 0 N–H and O–H groups in total. The van der Waals surface area contributed by atoms with Crippen molar-refractivity contribution in [2.45, 2.75) is 6.18 Å². The third-order valence-electron chi connectivity index (χ3n) is 7.18. The summed E-state index contributed by atoms with van der Waals surface area (Å²) in [5.41, 5.74) is 0.534. The predicted octanol–water partition coefficient (Wildman–Crippen LogP) is 2.79.